The number of carbonyl (C=O) groups is 2. The van der Waals surface area contributed by atoms with Crippen LogP contribution in [0, 0.1) is 0 Å². The van der Waals surface area contributed by atoms with Crippen LogP contribution in [-0.4, -0.2) is 29.0 Å². The van der Waals surface area contributed by atoms with E-state index in [1.807, 2.05) is 12.1 Å². The molecule has 0 atom stereocenters. The second-order valence-electron chi connectivity index (χ2n) is 4.57. The molecule has 7 heteroatoms. The summed E-state index contributed by atoms with van der Waals surface area (Å²) in [5.41, 5.74) is 1.86. The zero-order chi connectivity index (χ0) is 16.7. The largest absolute Gasteiger partial charge is 0.465 e. The molecular formula is C16H15N3O3S. The van der Waals surface area contributed by atoms with Gasteiger partial charge in [-0.05, 0) is 35.9 Å². The SMILES string of the molecule is COC(=O)c1ccc(NC(=O)C(=S)NCc2cccnc2)cc1. The molecule has 2 N–H and O–H groups in total. The Morgan fingerprint density at radius 2 is 1.96 bits per heavy atom. The number of nitrogens with zero attached hydrogens (tertiary/aromatic N) is 1. The molecule has 1 amide bonds. The summed E-state index contributed by atoms with van der Waals surface area (Å²) in [6, 6.07) is 10.0. The predicted octanol–water partition coefficient (Wildman–Crippen LogP) is 1.92. The Labute approximate surface area is 138 Å². The Kier molecular flexibility index (Phi) is 5.76. The van der Waals surface area contributed by atoms with Gasteiger partial charge < -0.3 is 15.4 Å². The maximum Gasteiger partial charge on any atom is 0.337 e. The summed E-state index contributed by atoms with van der Waals surface area (Å²) >= 11 is 5.04. The lowest BCUT2D eigenvalue weighted by atomic mass is 10.2. The van der Waals surface area contributed by atoms with Crippen LogP contribution in [0.2, 0.25) is 0 Å². The number of pyridine rings is 1. The van der Waals surface area contributed by atoms with Crippen molar-refractivity contribution in [2.75, 3.05) is 12.4 Å². The maximum absolute atomic E-state index is 12.0. The fraction of sp³-hybridized carbons (Fsp3) is 0.125. The lowest BCUT2D eigenvalue weighted by Gasteiger charge is -2.09. The molecule has 0 bridgehead atoms. The molecule has 118 valence electrons. The van der Waals surface area contributed by atoms with Crippen molar-refractivity contribution < 1.29 is 14.3 Å². The van der Waals surface area contributed by atoms with Crippen molar-refractivity contribution >= 4 is 34.8 Å². The van der Waals surface area contributed by atoms with E-state index < -0.39 is 11.9 Å². The van der Waals surface area contributed by atoms with Gasteiger partial charge in [0, 0.05) is 24.6 Å². The minimum atomic E-state index is -0.434. The van der Waals surface area contributed by atoms with E-state index in [0.717, 1.165) is 5.56 Å². The standard InChI is InChI=1S/C16H15N3O3S/c1-22-16(21)12-4-6-13(7-5-12)19-14(20)15(23)18-10-11-3-2-8-17-9-11/h2-9H,10H2,1H3,(H,18,23)(H,19,20). The van der Waals surface area contributed by atoms with Crippen molar-refractivity contribution in [3.05, 3.63) is 59.9 Å². The van der Waals surface area contributed by atoms with Crippen molar-refractivity contribution in [2.24, 2.45) is 0 Å². The molecule has 1 heterocycles. The van der Waals surface area contributed by atoms with Gasteiger partial charge in [0.05, 0.1) is 12.7 Å². The van der Waals surface area contributed by atoms with E-state index >= 15 is 0 Å². The Morgan fingerprint density at radius 1 is 1.22 bits per heavy atom. The van der Waals surface area contributed by atoms with Crippen LogP contribution in [0.4, 0.5) is 5.69 Å². The number of nitrogens with one attached hydrogen (secondary N) is 2. The van der Waals surface area contributed by atoms with Crippen molar-refractivity contribution in [3.63, 3.8) is 0 Å². The summed E-state index contributed by atoms with van der Waals surface area (Å²) in [5, 5.41) is 5.51. The monoisotopic (exact) mass is 329 g/mol. The zero-order valence-corrected chi connectivity index (χ0v) is 13.2. The Balaban J connectivity index is 1.88. The number of hydrogen-bond acceptors (Lipinski definition) is 5. The third-order valence-electron chi connectivity index (χ3n) is 2.95. The van der Waals surface area contributed by atoms with Gasteiger partial charge in [-0.15, -0.1) is 0 Å². The highest BCUT2D eigenvalue weighted by atomic mass is 32.1. The first-order chi connectivity index (χ1) is 11.1. The number of thiocarbonyl (C=S) groups is 1. The van der Waals surface area contributed by atoms with Gasteiger partial charge >= 0.3 is 5.97 Å². The third kappa shape index (κ3) is 4.86. The molecule has 0 radical (unpaired) electrons. The molecule has 23 heavy (non-hydrogen) atoms. The Morgan fingerprint density at radius 3 is 2.57 bits per heavy atom. The number of methoxy groups -OCH3 is 1. The molecule has 1 aromatic heterocycles. The van der Waals surface area contributed by atoms with E-state index in [-0.39, 0.29) is 4.99 Å². The summed E-state index contributed by atoms with van der Waals surface area (Å²) in [7, 11) is 1.31. The fourth-order valence-corrected chi connectivity index (χ4v) is 1.88. The first-order valence-corrected chi connectivity index (χ1v) is 7.17. The van der Waals surface area contributed by atoms with E-state index in [4.69, 9.17) is 12.2 Å². The zero-order valence-electron chi connectivity index (χ0n) is 12.4. The summed E-state index contributed by atoms with van der Waals surface area (Å²) in [4.78, 5) is 27.4. The molecular weight excluding hydrogens is 314 g/mol. The summed E-state index contributed by atoms with van der Waals surface area (Å²) in [6.07, 6.45) is 3.37. The number of benzene rings is 1. The summed E-state index contributed by atoms with van der Waals surface area (Å²) in [6.45, 7) is 0.418. The quantitative estimate of drug-likeness (QED) is 0.659. The highest BCUT2D eigenvalue weighted by Crippen LogP contribution is 2.10. The molecule has 2 rings (SSSR count). The fourth-order valence-electron chi connectivity index (χ4n) is 1.76. The first kappa shape index (κ1) is 16.6. The molecule has 0 aliphatic carbocycles. The molecule has 0 unspecified atom stereocenters. The lowest BCUT2D eigenvalue weighted by Crippen LogP contribution is -2.33. The highest BCUT2D eigenvalue weighted by Gasteiger charge is 2.10. The number of hydrogen-bond donors (Lipinski definition) is 2. The molecule has 0 saturated carbocycles. The molecule has 0 aliphatic heterocycles. The molecule has 0 fully saturated rings. The van der Waals surface area contributed by atoms with E-state index in [1.54, 1.807) is 36.7 Å². The average Bonchev–Trinajstić information content (AvgIpc) is 2.60. The van der Waals surface area contributed by atoms with Crippen LogP contribution in [0.1, 0.15) is 15.9 Å². The first-order valence-electron chi connectivity index (χ1n) is 6.76. The van der Waals surface area contributed by atoms with E-state index in [2.05, 4.69) is 20.4 Å². The summed E-state index contributed by atoms with van der Waals surface area (Å²) in [5.74, 6) is -0.855. The van der Waals surface area contributed by atoms with Crippen molar-refractivity contribution in [1.82, 2.24) is 10.3 Å². The number of rotatable bonds is 4. The number of anilines is 1. The van der Waals surface area contributed by atoms with Gasteiger partial charge in [0.15, 0.2) is 4.99 Å². The minimum Gasteiger partial charge on any atom is -0.465 e. The van der Waals surface area contributed by atoms with Gasteiger partial charge in [-0.3, -0.25) is 9.78 Å². The minimum absolute atomic E-state index is 0.0749. The number of carbonyl (C=O) groups excluding carboxylic acids is 2. The van der Waals surface area contributed by atoms with Crippen LogP contribution in [0.3, 0.4) is 0 Å². The van der Waals surface area contributed by atoms with Gasteiger partial charge in [-0.1, -0.05) is 18.3 Å². The van der Waals surface area contributed by atoms with Crippen LogP contribution < -0.4 is 10.6 Å². The maximum atomic E-state index is 12.0. The van der Waals surface area contributed by atoms with E-state index in [0.29, 0.717) is 17.8 Å². The topological polar surface area (TPSA) is 80.3 Å². The molecule has 0 spiro atoms. The number of ether oxygens (including phenoxy) is 1. The summed E-state index contributed by atoms with van der Waals surface area (Å²) < 4.78 is 4.61. The Bertz CT molecular complexity index is 702. The van der Waals surface area contributed by atoms with Crippen LogP contribution in [-0.2, 0) is 16.1 Å². The number of amides is 1. The van der Waals surface area contributed by atoms with Gasteiger partial charge in [-0.2, -0.15) is 0 Å². The van der Waals surface area contributed by atoms with Crippen molar-refractivity contribution in [1.29, 1.82) is 0 Å². The van der Waals surface area contributed by atoms with Crippen molar-refractivity contribution in [2.45, 2.75) is 6.54 Å². The second-order valence-corrected chi connectivity index (χ2v) is 4.98. The number of esters is 1. The van der Waals surface area contributed by atoms with Crippen LogP contribution in [0.25, 0.3) is 0 Å². The molecule has 0 saturated heterocycles. The second kappa shape index (κ2) is 8.00. The van der Waals surface area contributed by atoms with Gasteiger partial charge in [-0.25, -0.2) is 4.79 Å². The molecule has 1 aromatic carbocycles. The van der Waals surface area contributed by atoms with Crippen LogP contribution >= 0.6 is 12.2 Å². The van der Waals surface area contributed by atoms with E-state index in [1.165, 1.54) is 7.11 Å². The highest BCUT2D eigenvalue weighted by molar-refractivity contribution is 7.82. The van der Waals surface area contributed by atoms with Crippen LogP contribution in [0.15, 0.2) is 48.8 Å². The Hall–Kier alpha value is -2.80. The molecule has 0 aliphatic rings. The third-order valence-corrected chi connectivity index (χ3v) is 3.28. The predicted molar refractivity (Wildman–Crippen MR) is 90.1 cm³/mol. The lowest BCUT2D eigenvalue weighted by molar-refractivity contribution is -0.110. The molecule has 2 aromatic rings. The normalized spacial score (nSPS) is 9.78. The number of aromatic nitrogens is 1. The van der Waals surface area contributed by atoms with Gasteiger partial charge in [0.25, 0.3) is 5.91 Å². The average molecular weight is 329 g/mol. The molecule has 6 nitrogen and oxygen atoms in total. The van der Waals surface area contributed by atoms with Crippen LogP contribution in [0.5, 0.6) is 0 Å². The van der Waals surface area contributed by atoms with Crippen molar-refractivity contribution in [3.8, 4) is 0 Å². The smallest absolute Gasteiger partial charge is 0.337 e. The van der Waals surface area contributed by atoms with Gasteiger partial charge in [0.1, 0.15) is 0 Å². The van der Waals surface area contributed by atoms with E-state index in [9.17, 15) is 9.59 Å². The van der Waals surface area contributed by atoms with Gasteiger partial charge in [0.2, 0.25) is 0 Å².